The number of rotatable bonds is 7. The van der Waals surface area contributed by atoms with Crippen LogP contribution < -0.4 is 4.74 Å². The molecule has 1 aliphatic carbocycles. The fourth-order valence-corrected chi connectivity index (χ4v) is 5.66. The van der Waals surface area contributed by atoms with Gasteiger partial charge in [-0.3, -0.25) is 9.69 Å². The number of allylic oxidation sites excluding steroid dienone is 1. The second kappa shape index (κ2) is 10.1. The number of thioether (sulfide) groups is 1. The summed E-state index contributed by atoms with van der Waals surface area (Å²) in [6, 6.07) is 19.0. The zero-order chi connectivity index (χ0) is 25.2. The molecule has 5 rings (SSSR count). The van der Waals surface area contributed by atoms with Gasteiger partial charge in [0.1, 0.15) is 10.1 Å². The number of thiocarbonyl (C=S) groups is 1. The summed E-state index contributed by atoms with van der Waals surface area (Å²) in [5.74, 6) is -0.305. The van der Waals surface area contributed by atoms with Crippen LogP contribution in [0.25, 0.3) is 23.3 Å². The molecule has 3 aromatic carbocycles. The molecule has 0 bridgehead atoms. The minimum Gasteiger partial charge on any atom is -0.496 e. The number of methoxy groups -OCH3 is 1. The van der Waals surface area contributed by atoms with Gasteiger partial charge in [0, 0.05) is 12.1 Å². The standard InChI is InChI=1S/C29H23NO4S2/c1-34-25-12-7-19(15-24(25)23-11-10-20-3-2-4-22(20)17-23)16-26-27(31)30(29(35)36-26)14-13-18-5-8-21(9-6-18)28(32)33/h2,4-12,15-17H,3,13-14H2,1H3,(H,32,33). The Labute approximate surface area is 219 Å². The van der Waals surface area contributed by atoms with Crippen molar-refractivity contribution < 1.29 is 19.4 Å². The number of carboxylic acids is 1. The van der Waals surface area contributed by atoms with Crippen LogP contribution in [0.2, 0.25) is 0 Å². The molecule has 1 saturated heterocycles. The number of ether oxygens (including phenoxy) is 1. The lowest BCUT2D eigenvalue weighted by atomic mass is 9.98. The maximum absolute atomic E-state index is 13.1. The number of aromatic carboxylic acids is 1. The zero-order valence-corrected chi connectivity index (χ0v) is 21.2. The van der Waals surface area contributed by atoms with Crippen molar-refractivity contribution in [1.82, 2.24) is 4.90 Å². The van der Waals surface area contributed by atoms with Crippen molar-refractivity contribution in [2.45, 2.75) is 12.8 Å². The Kier molecular flexibility index (Phi) is 6.76. The van der Waals surface area contributed by atoms with Gasteiger partial charge >= 0.3 is 5.97 Å². The molecule has 0 atom stereocenters. The lowest BCUT2D eigenvalue weighted by Crippen LogP contribution is -2.30. The first kappa shape index (κ1) is 24.0. The largest absolute Gasteiger partial charge is 0.496 e. The van der Waals surface area contributed by atoms with Gasteiger partial charge in [-0.25, -0.2) is 4.79 Å². The van der Waals surface area contributed by atoms with Crippen LogP contribution in [-0.2, 0) is 17.6 Å². The summed E-state index contributed by atoms with van der Waals surface area (Å²) in [4.78, 5) is 26.4. The molecule has 0 unspecified atom stereocenters. The van der Waals surface area contributed by atoms with Crippen molar-refractivity contribution in [3.05, 3.63) is 99.5 Å². The highest BCUT2D eigenvalue weighted by Crippen LogP contribution is 2.37. The van der Waals surface area contributed by atoms with Crippen LogP contribution >= 0.6 is 24.0 Å². The SMILES string of the molecule is COc1ccc(C=C2SC(=S)N(CCc3ccc(C(=O)O)cc3)C2=O)cc1-c1ccc2c(c1)C=CC2. The molecule has 0 spiro atoms. The van der Waals surface area contributed by atoms with Gasteiger partial charge in [-0.1, -0.05) is 66.5 Å². The van der Waals surface area contributed by atoms with Crippen LogP contribution in [0, 0.1) is 0 Å². The molecule has 3 aromatic rings. The van der Waals surface area contributed by atoms with Crippen molar-refractivity contribution in [2.75, 3.05) is 13.7 Å². The van der Waals surface area contributed by atoms with Gasteiger partial charge in [0.25, 0.3) is 5.91 Å². The molecular weight excluding hydrogens is 490 g/mol. The Balaban J connectivity index is 1.35. The van der Waals surface area contributed by atoms with Gasteiger partial charge in [0.15, 0.2) is 0 Å². The molecule has 1 fully saturated rings. The molecule has 36 heavy (non-hydrogen) atoms. The third-order valence-corrected chi connectivity index (χ3v) is 7.69. The van der Waals surface area contributed by atoms with E-state index in [9.17, 15) is 9.59 Å². The summed E-state index contributed by atoms with van der Waals surface area (Å²) in [5.41, 5.74) is 6.65. The van der Waals surface area contributed by atoms with Crippen LogP contribution in [0.1, 0.15) is 32.6 Å². The van der Waals surface area contributed by atoms with Crippen molar-refractivity contribution in [3.8, 4) is 16.9 Å². The first-order chi connectivity index (χ1) is 17.4. The van der Waals surface area contributed by atoms with Crippen LogP contribution in [0.4, 0.5) is 0 Å². The van der Waals surface area contributed by atoms with E-state index < -0.39 is 5.97 Å². The van der Waals surface area contributed by atoms with E-state index in [0.29, 0.717) is 22.2 Å². The monoisotopic (exact) mass is 513 g/mol. The lowest BCUT2D eigenvalue weighted by molar-refractivity contribution is -0.122. The minimum atomic E-state index is -0.960. The number of fused-ring (bicyclic) bond motifs is 1. The molecule has 2 aliphatic rings. The molecule has 180 valence electrons. The topological polar surface area (TPSA) is 66.8 Å². The first-order valence-electron chi connectivity index (χ1n) is 11.5. The summed E-state index contributed by atoms with van der Waals surface area (Å²) < 4.78 is 6.14. The van der Waals surface area contributed by atoms with Crippen LogP contribution in [0.3, 0.4) is 0 Å². The fraction of sp³-hybridized carbons (Fsp3) is 0.138. The summed E-state index contributed by atoms with van der Waals surface area (Å²) in [7, 11) is 1.66. The number of carbonyl (C=O) groups is 2. The van der Waals surface area contributed by atoms with E-state index in [2.05, 4.69) is 30.4 Å². The van der Waals surface area contributed by atoms with Crippen molar-refractivity contribution >= 4 is 52.3 Å². The second-order valence-electron chi connectivity index (χ2n) is 8.57. The number of nitrogens with zero attached hydrogens (tertiary/aromatic N) is 1. The van der Waals surface area contributed by atoms with Crippen LogP contribution in [0.5, 0.6) is 5.75 Å². The molecule has 1 N–H and O–H groups in total. The Morgan fingerprint density at radius 3 is 2.69 bits per heavy atom. The van der Waals surface area contributed by atoms with Gasteiger partial charge in [-0.05, 0) is 77.1 Å². The van der Waals surface area contributed by atoms with E-state index in [0.717, 1.165) is 34.4 Å². The zero-order valence-electron chi connectivity index (χ0n) is 19.6. The van der Waals surface area contributed by atoms with Crippen molar-refractivity contribution in [2.24, 2.45) is 0 Å². The highest BCUT2D eigenvalue weighted by atomic mass is 32.2. The van der Waals surface area contributed by atoms with E-state index in [-0.39, 0.29) is 11.5 Å². The third-order valence-electron chi connectivity index (χ3n) is 6.31. The highest BCUT2D eigenvalue weighted by molar-refractivity contribution is 8.26. The maximum atomic E-state index is 13.1. The van der Waals surface area contributed by atoms with E-state index in [1.807, 2.05) is 24.3 Å². The molecule has 1 aliphatic heterocycles. The lowest BCUT2D eigenvalue weighted by Gasteiger charge is -2.14. The number of carbonyl (C=O) groups excluding carboxylic acids is 1. The highest BCUT2D eigenvalue weighted by Gasteiger charge is 2.31. The van der Waals surface area contributed by atoms with E-state index in [1.165, 1.54) is 22.9 Å². The fourth-order valence-electron chi connectivity index (χ4n) is 4.36. The summed E-state index contributed by atoms with van der Waals surface area (Å²) in [6.45, 7) is 0.435. The third kappa shape index (κ3) is 4.85. The number of amides is 1. The van der Waals surface area contributed by atoms with Crippen molar-refractivity contribution in [3.63, 3.8) is 0 Å². The molecule has 0 radical (unpaired) electrons. The predicted molar refractivity (Wildman–Crippen MR) is 148 cm³/mol. The average molecular weight is 514 g/mol. The maximum Gasteiger partial charge on any atom is 0.335 e. The Bertz CT molecular complexity index is 1440. The second-order valence-corrected chi connectivity index (χ2v) is 10.2. The minimum absolute atomic E-state index is 0.118. The summed E-state index contributed by atoms with van der Waals surface area (Å²) in [6.07, 6.45) is 7.72. The molecule has 1 amide bonds. The van der Waals surface area contributed by atoms with Gasteiger partial charge in [0.2, 0.25) is 0 Å². The quantitative estimate of drug-likeness (QED) is 0.305. The molecule has 0 saturated carbocycles. The Morgan fingerprint density at radius 1 is 1.14 bits per heavy atom. The number of benzene rings is 3. The normalized spacial score (nSPS) is 15.6. The molecular formula is C29H23NO4S2. The average Bonchev–Trinajstić information content (AvgIpc) is 3.46. The Morgan fingerprint density at radius 2 is 1.94 bits per heavy atom. The van der Waals surface area contributed by atoms with Gasteiger partial charge in [-0.2, -0.15) is 0 Å². The molecule has 1 heterocycles. The molecule has 7 heteroatoms. The number of hydrogen-bond donors (Lipinski definition) is 1. The van der Waals surface area contributed by atoms with Crippen LogP contribution in [-0.4, -0.2) is 39.9 Å². The first-order valence-corrected chi connectivity index (χ1v) is 12.7. The molecule has 5 nitrogen and oxygen atoms in total. The Hall–Kier alpha value is -3.68. The number of hydrogen-bond acceptors (Lipinski definition) is 5. The smallest absolute Gasteiger partial charge is 0.335 e. The van der Waals surface area contributed by atoms with Crippen LogP contribution in [0.15, 0.2) is 71.6 Å². The summed E-state index contributed by atoms with van der Waals surface area (Å²) >= 11 is 6.79. The van der Waals surface area contributed by atoms with Gasteiger partial charge < -0.3 is 9.84 Å². The number of carboxylic acid groups (broad SMARTS) is 1. The van der Waals surface area contributed by atoms with Gasteiger partial charge in [-0.15, -0.1) is 0 Å². The van der Waals surface area contributed by atoms with E-state index >= 15 is 0 Å². The predicted octanol–water partition coefficient (Wildman–Crippen LogP) is 6.07. The summed E-state index contributed by atoms with van der Waals surface area (Å²) in [5, 5.41) is 9.06. The van der Waals surface area contributed by atoms with Gasteiger partial charge in [0.05, 0.1) is 17.6 Å². The van der Waals surface area contributed by atoms with E-state index in [1.54, 1.807) is 36.3 Å². The van der Waals surface area contributed by atoms with Crippen molar-refractivity contribution in [1.29, 1.82) is 0 Å². The molecule has 0 aromatic heterocycles. The van der Waals surface area contributed by atoms with E-state index in [4.69, 9.17) is 22.1 Å².